The number of nitrogens with zero attached hydrogens (tertiary/aromatic N) is 2. The van der Waals surface area contributed by atoms with Gasteiger partial charge in [0.25, 0.3) is 0 Å². The van der Waals surface area contributed by atoms with E-state index in [9.17, 15) is 2.74 Å². The lowest BCUT2D eigenvalue weighted by atomic mass is 9.61. The highest BCUT2D eigenvalue weighted by molar-refractivity contribution is 6.11. The van der Waals surface area contributed by atoms with Crippen LogP contribution in [0.15, 0.2) is 206 Å². The minimum atomic E-state index is -1.03. The van der Waals surface area contributed by atoms with Gasteiger partial charge in [-0.3, -0.25) is 0 Å². The van der Waals surface area contributed by atoms with Crippen LogP contribution in [0.25, 0.3) is 60.5 Å². The van der Waals surface area contributed by atoms with Gasteiger partial charge in [0.2, 0.25) is 0 Å². The van der Waals surface area contributed by atoms with Crippen molar-refractivity contribution >= 4 is 49.6 Å². The molecule has 1 unspecified atom stereocenters. The molecule has 0 bridgehead atoms. The summed E-state index contributed by atoms with van der Waals surface area (Å²) >= 11 is 0. The number of para-hydroxylation sites is 3. The van der Waals surface area contributed by atoms with Crippen molar-refractivity contribution in [3.8, 4) is 27.9 Å². The van der Waals surface area contributed by atoms with Crippen LogP contribution in [0.1, 0.15) is 27.7 Å². The molecule has 9 aromatic carbocycles. The molecule has 2 heteroatoms. The second kappa shape index (κ2) is 11.4. The normalized spacial score (nSPS) is 16.0. The van der Waals surface area contributed by atoms with Crippen molar-refractivity contribution in [2.45, 2.75) is 5.41 Å². The highest BCUT2D eigenvalue weighted by Gasteiger charge is 2.50. The fourth-order valence-corrected chi connectivity index (χ4v) is 9.74. The van der Waals surface area contributed by atoms with E-state index in [1.54, 1.807) is 0 Å². The Morgan fingerprint density at radius 2 is 1.07 bits per heavy atom. The highest BCUT2D eigenvalue weighted by atomic mass is 15.1. The van der Waals surface area contributed by atoms with E-state index in [0.29, 0.717) is 11.1 Å². The van der Waals surface area contributed by atoms with Gasteiger partial charge in [0.15, 0.2) is 0 Å². The summed E-state index contributed by atoms with van der Waals surface area (Å²) in [6.07, 6.45) is 0. The summed E-state index contributed by atoms with van der Waals surface area (Å²) in [6.45, 7) is 0. The van der Waals surface area contributed by atoms with Crippen molar-refractivity contribution in [3.63, 3.8) is 0 Å². The molecular weight excluding hydrogens is 665 g/mol. The van der Waals surface area contributed by atoms with E-state index in [4.69, 9.17) is 2.74 Å². The first kappa shape index (κ1) is 26.6. The second-order valence-corrected chi connectivity index (χ2v) is 14.5. The van der Waals surface area contributed by atoms with Crippen LogP contribution in [0.4, 0.5) is 17.1 Å². The summed E-state index contributed by atoms with van der Waals surface area (Å²) in [5.74, 6) is 0. The summed E-state index contributed by atoms with van der Waals surface area (Å²) in [6, 6.07) is 63.5. The number of anilines is 3. The zero-order valence-corrected chi connectivity index (χ0v) is 29.7. The molecule has 0 fully saturated rings. The fourth-order valence-electron chi connectivity index (χ4n) is 9.74. The summed E-state index contributed by atoms with van der Waals surface area (Å²) in [5.41, 5.74) is 12.4. The SMILES string of the molecule is [2H]c1c([2H])c([2H])c2c(c1[2H])-c1ccccc1C21c2cc(N(c3ccccc3)c3ccc4c(c3)c3ccccc3n4-c3ccccc3)ccc2-c2cccc3cccc1c23. The van der Waals surface area contributed by atoms with Gasteiger partial charge in [0, 0.05) is 33.5 Å². The van der Waals surface area contributed by atoms with E-state index < -0.39 is 5.41 Å². The van der Waals surface area contributed by atoms with Crippen molar-refractivity contribution in [1.29, 1.82) is 0 Å². The monoisotopic (exact) mass is 702 g/mol. The van der Waals surface area contributed by atoms with Gasteiger partial charge in [-0.15, -0.1) is 0 Å². The van der Waals surface area contributed by atoms with E-state index >= 15 is 0 Å². The van der Waals surface area contributed by atoms with Crippen molar-refractivity contribution in [1.82, 2.24) is 4.57 Å². The molecule has 12 rings (SSSR count). The predicted molar refractivity (Wildman–Crippen MR) is 229 cm³/mol. The van der Waals surface area contributed by atoms with Crippen molar-refractivity contribution in [3.05, 3.63) is 228 Å². The van der Waals surface area contributed by atoms with Gasteiger partial charge in [0.1, 0.15) is 0 Å². The number of benzene rings is 9. The van der Waals surface area contributed by atoms with E-state index in [0.717, 1.165) is 83.3 Å². The predicted octanol–water partition coefficient (Wildman–Crippen LogP) is 13.8. The molecule has 0 radical (unpaired) electrons. The van der Waals surface area contributed by atoms with E-state index in [2.05, 4.69) is 161 Å². The number of aromatic nitrogens is 1. The quantitative estimate of drug-likeness (QED) is 0.177. The number of rotatable bonds is 4. The van der Waals surface area contributed by atoms with E-state index in [-0.39, 0.29) is 24.2 Å². The van der Waals surface area contributed by atoms with Gasteiger partial charge in [-0.25, -0.2) is 0 Å². The Kier molecular flexibility index (Phi) is 5.52. The maximum atomic E-state index is 9.68. The van der Waals surface area contributed by atoms with E-state index in [1.165, 1.54) is 5.39 Å². The molecule has 1 atom stereocenters. The second-order valence-electron chi connectivity index (χ2n) is 14.5. The van der Waals surface area contributed by atoms with Crippen LogP contribution in [-0.4, -0.2) is 4.57 Å². The first-order chi connectivity index (χ1) is 29.0. The van der Waals surface area contributed by atoms with Crippen LogP contribution >= 0.6 is 0 Å². The third-order valence-corrected chi connectivity index (χ3v) is 11.9. The first-order valence-electron chi connectivity index (χ1n) is 20.8. The largest absolute Gasteiger partial charge is 0.310 e. The Bertz CT molecular complexity index is 3390. The van der Waals surface area contributed by atoms with Crippen LogP contribution in [0.3, 0.4) is 0 Å². The molecule has 10 aromatic rings. The number of hydrogen-bond donors (Lipinski definition) is 0. The molecule has 1 aromatic heterocycles. The van der Waals surface area contributed by atoms with Crippen LogP contribution in [0.5, 0.6) is 0 Å². The Morgan fingerprint density at radius 3 is 1.96 bits per heavy atom. The molecule has 2 aliphatic carbocycles. The van der Waals surface area contributed by atoms with Gasteiger partial charge < -0.3 is 9.47 Å². The maximum absolute atomic E-state index is 9.68. The van der Waals surface area contributed by atoms with Crippen LogP contribution in [0.2, 0.25) is 0 Å². The number of fused-ring (bicyclic) bond motifs is 12. The Balaban J connectivity index is 1.18. The third kappa shape index (κ3) is 4.08. The summed E-state index contributed by atoms with van der Waals surface area (Å²) < 4.78 is 39.2. The average molecular weight is 703 g/mol. The molecule has 0 N–H and O–H groups in total. The van der Waals surface area contributed by atoms with Crippen LogP contribution in [-0.2, 0) is 5.41 Å². The number of hydrogen-bond acceptors (Lipinski definition) is 1. The van der Waals surface area contributed by atoms with Gasteiger partial charge in [-0.1, -0.05) is 145 Å². The molecule has 2 nitrogen and oxygen atoms in total. The van der Waals surface area contributed by atoms with Gasteiger partial charge in [-0.2, -0.15) is 0 Å². The molecule has 0 saturated carbocycles. The maximum Gasteiger partial charge on any atom is 0.0726 e. The minimum absolute atomic E-state index is 0.00916. The molecule has 2 aliphatic rings. The topological polar surface area (TPSA) is 8.17 Å². The highest BCUT2D eigenvalue weighted by Crippen LogP contribution is 2.62. The third-order valence-electron chi connectivity index (χ3n) is 11.9. The first-order valence-corrected chi connectivity index (χ1v) is 18.8. The fraction of sp³-hybridized carbons (Fsp3) is 0.0189. The molecule has 1 heterocycles. The Hall–Kier alpha value is -7.16. The average Bonchev–Trinajstić information content (AvgIpc) is 3.78. The molecule has 1 spiro atoms. The van der Waals surface area contributed by atoms with E-state index in [1.807, 2.05) is 30.3 Å². The standard InChI is InChI=1S/C53H34N2/c1-3-17-36(18-4-1)54(38-30-32-51-45(33-38)43-23-9-12-28-50(43)55(51)37-19-5-2-6-20-37)39-29-31-42-44-24-13-15-35-16-14-27-48(52(35)44)53(49(42)34-39)46-25-10-7-21-40(46)41-22-8-11-26-47(41)53/h1-34H/i7D,10D,21D,25D. The van der Waals surface area contributed by atoms with Crippen molar-refractivity contribution < 1.29 is 5.48 Å². The van der Waals surface area contributed by atoms with Crippen molar-refractivity contribution in [2.24, 2.45) is 0 Å². The summed E-state index contributed by atoms with van der Waals surface area (Å²) in [5, 5.41) is 4.51. The van der Waals surface area contributed by atoms with Gasteiger partial charge >= 0.3 is 0 Å². The van der Waals surface area contributed by atoms with Crippen LogP contribution in [0, 0.1) is 0 Å². The molecular formula is C53H34N2. The molecule has 0 aliphatic heterocycles. The zero-order valence-electron chi connectivity index (χ0n) is 33.7. The zero-order chi connectivity index (χ0) is 39.6. The Labute approximate surface area is 325 Å². The lowest BCUT2D eigenvalue weighted by molar-refractivity contribution is 0.773. The lowest BCUT2D eigenvalue weighted by Crippen LogP contribution is -2.32. The van der Waals surface area contributed by atoms with Crippen molar-refractivity contribution in [2.75, 3.05) is 4.90 Å². The Morgan fingerprint density at radius 1 is 0.418 bits per heavy atom. The molecule has 55 heavy (non-hydrogen) atoms. The summed E-state index contributed by atoms with van der Waals surface area (Å²) in [4.78, 5) is 2.31. The lowest BCUT2D eigenvalue weighted by Gasteiger charge is -2.40. The summed E-state index contributed by atoms with van der Waals surface area (Å²) in [7, 11) is 0. The van der Waals surface area contributed by atoms with Gasteiger partial charge in [-0.05, 0) is 116 Å². The molecule has 0 saturated heterocycles. The molecule has 256 valence electrons. The molecule has 0 amide bonds. The minimum Gasteiger partial charge on any atom is -0.310 e. The van der Waals surface area contributed by atoms with Crippen LogP contribution < -0.4 is 4.90 Å². The smallest absolute Gasteiger partial charge is 0.0726 e. The van der Waals surface area contributed by atoms with Gasteiger partial charge in [0.05, 0.1) is 21.9 Å².